The molecule has 19 heavy (non-hydrogen) atoms. The SMILES string of the molecule is CCOC(=O)C(C)(C)C(C)(O)c1cc(C)cc(C)c1. The first-order valence-corrected chi connectivity index (χ1v) is 6.61. The fourth-order valence-electron chi connectivity index (χ4n) is 2.13. The molecular formula is C16H24O3. The minimum Gasteiger partial charge on any atom is -0.465 e. The Bertz CT molecular complexity index is 453. The van der Waals surface area contributed by atoms with Gasteiger partial charge in [-0.25, -0.2) is 0 Å². The van der Waals surface area contributed by atoms with Gasteiger partial charge in [0.2, 0.25) is 0 Å². The summed E-state index contributed by atoms with van der Waals surface area (Å²) >= 11 is 0. The van der Waals surface area contributed by atoms with Gasteiger partial charge in [-0.05, 0) is 47.1 Å². The average Bonchev–Trinajstić information content (AvgIpc) is 2.27. The van der Waals surface area contributed by atoms with Crippen LogP contribution in [0.2, 0.25) is 0 Å². The Balaban J connectivity index is 3.25. The summed E-state index contributed by atoms with van der Waals surface area (Å²) in [4.78, 5) is 12.1. The third-order valence-corrected chi connectivity index (χ3v) is 3.79. The fourth-order valence-corrected chi connectivity index (χ4v) is 2.13. The second-order valence-electron chi connectivity index (χ2n) is 5.79. The van der Waals surface area contributed by atoms with Crippen molar-refractivity contribution in [3.63, 3.8) is 0 Å². The number of aryl methyl sites for hydroxylation is 2. The number of hydrogen-bond acceptors (Lipinski definition) is 3. The van der Waals surface area contributed by atoms with Crippen LogP contribution in [0.5, 0.6) is 0 Å². The van der Waals surface area contributed by atoms with Gasteiger partial charge in [-0.15, -0.1) is 0 Å². The molecule has 0 saturated heterocycles. The molecule has 1 unspecified atom stereocenters. The molecule has 0 aromatic heterocycles. The maximum Gasteiger partial charge on any atom is 0.314 e. The molecular weight excluding hydrogens is 240 g/mol. The first-order valence-electron chi connectivity index (χ1n) is 6.61. The third kappa shape index (κ3) is 2.98. The van der Waals surface area contributed by atoms with Gasteiger partial charge in [-0.2, -0.15) is 0 Å². The quantitative estimate of drug-likeness (QED) is 0.850. The van der Waals surface area contributed by atoms with E-state index in [1.165, 1.54) is 0 Å². The Kier molecular flexibility index (Phi) is 4.41. The van der Waals surface area contributed by atoms with Gasteiger partial charge in [-0.3, -0.25) is 4.79 Å². The smallest absolute Gasteiger partial charge is 0.314 e. The van der Waals surface area contributed by atoms with Crippen molar-refractivity contribution >= 4 is 5.97 Å². The van der Waals surface area contributed by atoms with Gasteiger partial charge in [-0.1, -0.05) is 29.3 Å². The van der Waals surface area contributed by atoms with Crippen LogP contribution in [0, 0.1) is 19.3 Å². The summed E-state index contributed by atoms with van der Waals surface area (Å²) in [6, 6.07) is 5.86. The van der Waals surface area contributed by atoms with Crippen LogP contribution in [0.25, 0.3) is 0 Å². The highest BCUT2D eigenvalue weighted by Crippen LogP contribution is 2.40. The van der Waals surface area contributed by atoms with Gasteiger partial charge in [0.1, 0.15) is 5.60 Å². The normalized spacial score (nSPS) is 14.9. The third-order valence-electron chi connectivity index (χ3n) is 3.79. The summed E-state index contributed by atoms with van der Waals surface area (Å²) in [7, 11) is 0. The van der Waals surface area contributed by atoms with Crippen molar-refractivity contribution in [1.29, 1.82) is 0 Å². The molecule has 0 bridgehead atoms. The van der Waals surface area contributed by atoms with Crippen molar-refractivity contribution in [2.75, 3.05) is 6.61 Å². The first kappa shape index (κ1) is 15.7. The van der Waals surface area contributed by atoms with Crippen LogP contribution >= 0.6 is 0 Å². The zero-order valence-electron chi connectivity index (χ0n) is 12.7. The highest BCUT2D eigenvalue weighted by atomic mass is 16.5. The Labute approximate surface area is 115 Å². The largest absolute Gasteiger partial charge is 0.465 e. The minimum atomic E-state index is -1.28. The lowest BCUT2D eigenvalue weighted by atomic mass is 9.71. The maximum absolute atomic E-state index is 12.1. The van der Waals surface area contributed by atoms with Crippen LogP contribution in [0.4, 0.5) is 0 Å². The lowest BCUT2D eigenvalue weighted by Crippen LogP contribution is -2.46. The van der Waals surface area contributed by atoms with E-state index < -0.39 is 11.0 Å². The lowest BCUT2D eigenvalue weighted by Gasteiger charge is -2.38. The summed E-state index contributed by atoms with van der Waals surface area (Å²) in [5.74, 6) is -0.390. The van der Waals surface area contributed by atoms with Gasteiger partial charge in [0.05, 0.1) is 12.0 Å². The van der Waals surface area contributed by atoms with Crippen LogP contribution in [0.3, 0.4) is 0 Å². The number of benzene rings is 1. The predicted octanol–water partition coefficient (Wildman–Crippen LogP) is 3.10. The number of hydrogen-bond donors (Lipinski definition) is 1. The Morgan fingerprint density at radius 2 is 1.63 bits per heavy atom. The van der Waals surface area contributed by atoms with E-state index in [2.05, 4.69) is 0 Å². The second-order valence-corrected chi connectivity index (χ2v) is 5.79. The number of carbonyl (C=O) groups excluding carboxylic acids is 1. The average molecular weight is 264 g/mol. The van der Waals surface area contributed by atoms with Crippen LogP contribution in [-0.4, -0.2) is 17.7 Å². The molecule has 1 aromatic rings. The van der Waals surface area contributed by atoms with E-state index in [1.54, 1.807) is 27.7 Å². The summed E-state index contributed by atoms with van der Waals surface area (Å²) in [5.41, 5.74) is 0.576. The zero-order valence-corrected chi connectivity index (χ0v) is 12.7. The van der Waals surface area contributed by atoms with Gasteiger partial charge < -0.3 is 9.84 Å². The number of rotatable bonds is 4. The first-order chi connectivity index (χ1) is 8.62. The monoisotopic (exact) mass is 264 g/mol. The number of ether oxygens (including phenoxy) is 1. The molecule has 0 heterocycles. The van der Waals surface area contributed by atoms with Crippen molar-refractivity contribution in [2.24, 2.45) is 5.41 Å². The highest BCUT2D eigenvalue weighted by Gasteiger charge is 2.47. The molecule has 0 fully saturated rings. The molecule has 1 aromatic carbocycles. The molecule has 3 nitrogen and oxygen atoms in total. The van der Waals surface area contributed by atoms with E-state index in [9.17, 15) is 9.90 Å². The molecule has 0 aliphatic heterocycles. The Morgan fingerprint density at radius 1 is 1.16 bits per heavy atom. The van der Waals surface area contributed by atoms with E-state index in [4.69, 9.17) is 4.74 Å². The maximum atomic E-state index is 12.1. The molecule has 1 N–H and O–H groups in total. The molecule has 0 aliphatic rings. The van der Waals surface area contributed by atoms with Crippen LogP contribution in [0.15, 0.2) is 18.2 Å². The predicted molar refractivity (Wildman–Crippen MR) is 75.9 cm³/mol. The molecule has 0 aliphatic carbocycles. The van der Waals surface area contributed by atoms with E-state index in [-0.39, 0.29) is 5.97 Å². The fraction of sp³-hybridized carbons (Fsp3) is 0.562. The number of aliphatic hydroxyl groups is 1. The van der Waals surface area contributed by atoms with Crippen LogP contribution in [0.1, 0.15) is 44.4 Å². The van der Waals surface area contributed by atoms with Crippen molar-refractivity contribution in [1.82, 2.24) is 0 Å². The standard InChI is InChI=1S/C16H24O3/c1-7-19-14(17)15(4,5)16(6,18)13-9-11(2)8-12(3)10-13/h8-10,18H,7H2,1-6H3. The molecule has 0 amide bonds. The van der Waals surface area contributed by atoms with Crippen molar-refractivity contribution in [2.45, 2.75) is 47.1 Å². The second kappa shape index (κ2) is 5.33. The molecule has 0 saturated carbocycles. The van der Waals surface area contributed by atoms with Gasteiger partial charge in [0.15, 0.2) is 0 Å². The van der Waals surface area contributed by atoms with E-state index in [1.807, 2.05) is 32.0 Å². The van der Waals surface area contributed by atoms with Gasteiger partial charge >= 0.3 is 5.97 Å². The van der Waals surface area contributed by atoms with Gasteiger partial charge in [0.25, 0.3) is 0 Å². The van der Waals surface area contributed by atoms with Crippen LogP contribution in [-0.2, 0) is 15.1 Å². The van der Waals surface area contributed by atoms with E-state index >= 15 is 0 Å². The molecule has 106 valence electrons. The molecule has 1 rings (SSSR count). The summed E-state index contributed by atoms with van der Waals surface area (Å²) in [6.07, 6.45) is 0. The highest BCUT2D eigenvalue weighted by molar-refractivity contribution is 5.78. The zero-order chi connectivity index (χ0) is 14.8. The Morgan fingerprint density at radius 3 is 2.05 bits per heavy atom. The van der Waals surface area contributed by atoms with Crippen LogP contribution < -0.4 is 0 Å². The van der Waals surface area contributed by atoms with Crippen molar-refractivity contribution < 1.29 is 14.6 Å². The molecule has 1 atom stereocenters. The van der Waals surface area contributed by atoms with E-state index in [0.717, 1.165) is 16.7 Å². The van der Waals surface area contributed by atoms with E-state index in [0.29, 0.717) is 6.61 Å². The molecule has 3 heteroatoms. The summed E-state index contributed by atoms with van der Waals surface area (Å²) in [6.45, 7) is 11.1. The number of esters is 1. The Hall–Kier alpha value is -1.35. The topological polar surface area (TPSA) is 46.5 Å². The minimum absolute atomic E-state index is 0.311. The number of carbonyl (C=O) groups is 1. The lowest BCUT2D eigenvalue weighted by molar-refractivity contribution is -0.170. The summed E-state index contributed by atoms with van der Waals surface area (Å²) < 4.78 is 5.08. The van der Waals surface area contributed by atoms with Crippen molar-refractivity contribution in [3.05, 3.63) is 34.9 Å². The molecule has 0 radical (unpaired) electrons. The van der Waals surface area contributed by atoms with Gasteiger partial charge in [0, 0.05) is 0 Å². The van der Waals surface area contributed by atoms with Crippen molar-refractivity contribution in [3.8, 4) is 0 Å². The molecule has 0 spiro atoms. The summed E-state index contributed by atoms with van der Waals surface area (Å²) in [5, 5.41) is 10.9.